The maximum atomic E-state index is 14.3. The van der Waals surface area contributed by atoms with Crippen LogP contribution in [0.15, 0.2) is 18.2 Å². The average molecular weight is 483 g/mol. The molecule has 3 saturated heterocycles. The molecule has 3 amide bonds. The Bertz CT molecular complexity index is 1040. The summed E-state index contributed by atoms with van der Waals surface area (Å²) in [6.45, 7) is 4.33. The highest BCUT2D eigenvalue weighted by molar-refractivity contribution is 5.95. The summed E-state index contributed by atoms with van der Waals surface area (Å²) in [6.07, 6.45) is 5.56. The monoisotopic (exact) mass is 482 g/mol. The van der Waals surface area contributed by atoms with Gasteiger partial charge in [0.15, 0.2) is 6.61 Å². The molecule has 5 rings (SSSR count). The van der Waals surface area contributed by atoms with Crippen molar-refractivity contribution in [2.24, 2.45) is 0 Å². The normalized spacial score (nSPS) is 26.8. The van der Waals surface area contributed by atoms with Crippen LogP contribution in [-0.4, -0.2) is 85.3 Å². The number of halogens is 1. The highest BCUT2D eigenvalue weighted by atomic mass is 19.1. The molecule has 0 saturated carbocycles. The third-order valence-corrected chi connectivity index (χ3v) is 8.53. The molecule has 0 aliphatic carbocycles. The summed E-state index contributed by atoms with van der Waals surface area (Å²) in [5.41, 5.74) is 1.61. The van der Waals surface area contributed by atoms with Crippen molar-refractivity contribution in [3.8, 4) is 11.8 Å². The Morgan fingerprint density at radius 3 is 2.46 bits per heavy atom. The minimum Gasteiger partial charge on any atom is -0.436 e. The molecule has 2 atom stereocenters. The number of ether oxygens (including phenoxy) is 1. The molecule has 0 aromatic heterocycles. The fourth-order valence-electron chi connectivity index (χ4n) is 6.79. The van der Waals surface area contributed by atoms with Gasteiger partial charge in [0.05, 0.1) is 0 Å². The van der Waals surface area contributed by atoms with Crippen LogP contribution in [0, 0.1) is 17.7 Å². The van der Waals surface area contributed by atoms with Gasteiger partial charge in [0, 0.05) is 49.9 Å². The van der Waals surface area contributed by atoms with Crippen LogP contribution < -0.4 is 4.90 Å². The summed E-state index contributed by atoms with van der Waals surface area (Å²) in [7, 11) is 3.51. The van der Waals surface area contributed by atoms with E-state index in [2.05, 4.69) is 16.7 Å². The van der Waals surface area contributed by atoms with Crippen molar-refractivity contribution in [1.82, 2.24) is 14.7 Å². The summed E-state index contributed by atoms with van der Waals surface area (Å²) in [4.78, 5) is 33.4. The standard InChI is InChI=1S/C27H35FN4O3/c1-4-5-14-35-26(34)32-20-7-8-21(32)17-22(16-20)30-12-10-27(11-13-30)18-31(25(33)29(2)3)24-9-6-19(28)15-23(24)27/h6,9,15,20-22H,7-8,10-14,16-18H2,1-3H3. The Morgan fingerprint density at radius 2 is 1.83 bits per heavy atom. The maximum Gasteiger partial charge on any atom is 0.411 e. The molecule has 0 radical (unpaired) electrons. The molecule has 1 spiro atoms. The number of nitrogens with zero attached hydrogens (tertiary/aromatic N) is 4. The first-order valence-corrected chi connectivity index (χ1v) is 12.7. The maximum absolute atomic E-state index is 14.3. The summed E-state index contributed by atoms with van der Waals surface area (Å²) in [5.74, 6) is 5.32. The number of likely N-dealkylation sites (tertiary alicyclic amines) is 1. The first kappa shape index (κ1) is 23.9. The van der Waals surface area contributed by atoms with Crippen LogP contribution in [-0.2, 0) is 10.2 Å². The fourth-order valence-corrected chi connectivity index (χ4v) is 6.79. The van der Waals surface area contributed by atoms with E-state index in [9.17, 15) is 14.0 Å². The van der Waals surface area contributed by atoms with Gasteiger partial charge in [-0.25, -0.2) is 14.0 Å². The summed E-state index contributed by atoms with van der Waals surface area (Å²) >= 11 is 0. The predicted octanol–water partition coefficient (Wildman–Crippen LogP) is 3.82. The van der Waals surface area contributed by atoms with Gasteiger partial charge in [0.2, 0.25) is 0 Å². The van der Waals surface area contributed by atoms with Gasteiger partial charge >= 0.3 is 12.1 Å². The average Bonchev–Trinajstić information content (AvgIpc) is 3.29. The fraction of sp³-hybridized carbons (Fsp3) is 0.630. The topological polar surface area (TPSA) is 56.3 Å². The number of benzene rings is 1. The minimum atomic E-state index is -0.245. The van der Waals surface area contributed by atoms with Gasteiger partial charge in [0.25, 0.3) is 0 Å². The molecule has 2 bridgehead atoms. The Kier molecular flexibility index (Phi) is 6.39. The Labute approximate surface area is 207 Å². The van der Waals surface area contributed by atoms with Crippen LogP contribution in [0.1, 0.15) is 51.0 Å². The third kappa shape index (κ3) is 4.24. The Balaban J connectivity index is 1.26. The molecular formula is C27H35FN4O3. The van der Waals surface area contributed by atoms with E-state index in [0.717, 1.165) is 62.9 Å². The number of fused-ring (bicyclic) bond motifs is 4. The van der Waals surface area contributed by atoms with Crippen molar-refractivity contribution in [3.05, 3.63) is 29.6 Å². The number of urea groups is 1. The van der Waals surface area contributed by atoms with Crippen molar-refractivity contribution in [1.29, 1.82) is 0 Å². The molecule has 35 heavy (non-hydrogen) atoms. The lowest BCUT2D eigenvalue weighted by Crippen LogP contribution is -2.55. The molecule has 3 fully saturated rings. The van der Waals surface area contributed by atoms with E-state index in [4.69, 9.17) is 4.74 Å². The SMILES string of the molecule is CC#CCOC(=O)N1C2CCC1CC(N1CCC3(CC1)CN(C(=O)N(C)C)c1ccc(F)cc13)C2. The number of hydrogen-bond acceptors (Lipinski definition) is 4. The second-order valence-electron chi connectivity index (χ2n) is 10.6. The lowest BCUT2D eigenvalue weighted by atomic mass is 9.73. The zero-order valence-corrected chi connectivity index (χ0v) is 20.9. The van der Waals surface area contributed by atoms with Gasteiger partial charge in [-0.3, -0.25) is 4.90 Å². The van der Waals surface area contributed by atoms with E-state index < -0.39 is 0 Å². The summed E-state index contributed by atoms with van der Waals surface area (Å²) in [5, 5.41) is 0. The molecule has 2 unspecified atom stereocenters. The van der Waals surface area contributed by atoms with Crippen molar-refractivity contribution in [2.45, 2.75) is 69.0 Å². The molecule has 1 aromatic rings. The predicted molar refractivity (Wildman–Crippen MR) is 132 cm³/mol. The lowest BCUT2D eigenvalue weighted by molar-refractivity contribution is 0.0302. The Hall–Kier alpha value is -2.79. The van der Waals surface area contributed by atoms with E-state index in [-0.39, 0.29) is 42.0 Å². The van der Waals surface area contributed by atoms with E-state index in [1.54, 1.807) is 38.1 Å². The van der Waals surface area contributed by atoms with Gasteiger partial charge in [-0.2, -0.15) is 0 Å². The van der Waals surface area contributed by atoms with Crippen molar-refractivity contribution >= 4 is 17.8 Å². The van der Waals surface area contributed by atoms with E-state index in [1.165, 1.54) is 6.07 Å². The van der Waals surface area contributed by atoms with Gasteiger partial charge in [-0.15, -0.1) is 5.92 Å². The van der Waals surface area contributed by atoms with Crippen LogP contribution in [0.2, 0.25) is 0 Å². The highest BCUT2D eigenvalue weighted by Crippen LogP contribution is 2.48. The largest absolute Gasteiger partial charge is 0.436 e. The first-order chi connectivity index (χ1) is 16.8. The van der Waals surface area contributed by atoms with Crippen LogP contribution >= 0.6 is 0 Å². The molecule has 188 valence electrons. The van der Waals surface area contributed by atoms with Crippen molar-refractivity contribution < 1.29 is 18.7 Å². The molecule has 4 aliphatic rings. The quantitative estimate of drug-likeness (QED) is 0.602. The molecular weight excluding hydrogens is 447 g/mol. The minimum absolute atomic E-state index is 0.0575. The van der Waals surface area contributed by atoms with Crippen LogP contribution in [0.5, 0.6) is 0 Å². The van der Waals surface area contributed by atoms with Crippen LogP contribution in [0.4, 0.5) is 19.7 Å². The van der Waals surface area contributed by atoms with Gasteiger partial charge < -0.3 is 19.4 Å². The molecule has 7 nitrogen and oxygen atoms in total. The number of carbonyl (C=O) groups excluding carboxylic acids is 2. The number of rotatable bonds is 2. The third-order valence-electron chi connectivity index (χ3n) is 8.53. The van der Waals surface area contributed by atoms with E-state index in [1.807, 2.05) is 9.80 Å². The number of piperidine rings is 2. The second kappa shape index (κ2) is 9.34. The lowest BCUT2D eigenvalue weighted by Gasteiger charge is -2.47. The van der Waals surface area contributed by atoms with Gasteiger partial charge in [-0.05, 0) is 82.3 Å². The zero-order valence-electron chi connectivity index (χ0n) is 20.9. The van der Waals surface area contributed by atoms with Gasteiger partial charge in [-0.1, -0.05) is 5.92 Å². The Morgan fingerprint density at radius 1 is 1.14 bits per heavy atom. The molecule has 4 aliphatic heterocycles. The summed E-state index contributed by atoms with van der Waals surface area (Å²) in [6, 6.07) is 5.69. The number of hydrogen-bond donors (Lipinski definition) is 0. The zero-order chi connectivity index (χ0) is 24.7. The van der Waals surface area contributed by atoms with Crippen LogP contribution in [0.25, 0.3) is 0 Å². The molecule has 4 heterocycles. The van der Waals surface area contributed by atoms with E-state index in [0.29, 0.717) is 12.6 Å². The van der Waals surface area contributed by atoms with Gasteiger partial charge in [0.1, 0.15) is 5.82 Å². The summed E-state index contributed by atoms with van der Waals surface area (Å²) < 4.78 is 19.6. The molecule has 0 N–H and O–H groups in total. The second-order valence-corrected chi connectivity index (χ2v) is 10.6. The van der Waals surface area contributed by atoms with Crippen molar-refractivity contribution in [3.63, 3.8) is 0 Å². The van der Waals surface area contributed by atoms with Crippen LogP contribution in [0.3, 0.4) is 0 Å². The smallest absolute Gasteiger partial charge is 0.411 e. The highest BCUT2D eigenvalue weighted by Gasteiger charge is 2.50. The van der Waals surface area contributed by atoms with E-state index >= 15 is 0 Å². The molecule has 8 heteroatoms. The number of anilines is 1. The van der Waals surface area contributed by atoms with Crippen molar-refractivity contribution in [2.75, 3.05) is 45.2 Å². The molecule has 1 aromatic carbocycles. The number of amides is 3. The first-order valence-electron chi connectivity index (χ1n) is 12.7. The number of carbonyl (C=O) groups is 2.